The largest absolute Gasteiger partial charge is 0.297 e. The van der Waals surface area contributed by atoms with E-state index in [1.165, 1.54) is 56.9 Å². The molecule has 2 fully saturated rings. The second kappa shape index (κ2) is 8.72. The molecule has 0 unspecified atom stereocenters. The highest BCUT2D eigenvalue weighted by atomic mass is 79.9. The summed E-state index contributed by atoms with van der Waals surface area (Å²) in [5, 5.41) is 0. The molecule has 1 aromatic rings. The van der Waals surface area contributed by atoms with Gasteiger partial charge < -0.3 is 0 Å². The average Bonchev–Trinajstić information content (AvgIpc) is 3.25. The molecule has 0 aliphatic heterocycles. The van der Waals surface area contributed by atoms with Crippen molar-refractivity contribution in [3.05, 3.63) is 28.2 Å². The van der Waals surface area contributed by atoms with Crippen LogP contribution in [0, 0.1) is 6.92 Å². The van der Waals surface area contributed by atoms with Gasteiger partial charge in [-0.15, -0.1) is 0 Å². The zero-order valence-corrected chi connectivity index (χ0v) is 17.2. The summed E-state index contributed by atoms with van der Waals surface area (Å²) < 4.78 is 5.98. The minimum Gasteiger partial charge on any atom is -0.297 e. The van der Waals surface area contributed by atoms with Crippen LogP contribution in [0.25, 0.3) is 0 Å². The SMILES string of the molecule is Cc1cc(Br)ccc1/N=C/N(C)SN(C1CCCC1)C1CCCC1. The van der Waals surface area contributed by atoms with Crippen LogP contribution in [-0.4, -0.2) is 34.1 Å². The van der Waals surface area contributed by atoms with Crippen molar-refractivity contribution >= 4 is 40.1 Å². The van der Waals surface area contributed by atoms with Crippen molar-refractivity contribution in [2.45, 2.75) is 70.4 Å². The molecule has 132 valence electrons. The molecule has 0 atom stereocenters. The Morgan fingerprint density at radius 2 is 1.67 bits per heavy atom. The maximum Gasteiger partial charge on any atom is 0.102 e. The third-order valence-electron chi connectivity index (χ3n) is 5.11. The highest BCUT2D eigenvalue weighted by Gasteiger charge is 2.32. The predicted molar refractivity (Wildman–Crippen MR) is 109 cm³/mol. The lowest BCUT2D eigenvalue weighted by Crippen LogP contribution is -2.37. The van der Waals surface area contributed by atoms with Crippen molar-refractivity contribution in [1.82, 2.24) is 8.61 Å². The Morgan fingerprint density at radius 1 is 1.08 bits per heavy atom. The third-order valence-corrected chi connectivity index (χ3v) is 6.74. The van der Waals surface area contributed by atoms with Gasteiger partial charge in [-0.25, -0.2) is 9.30 Å². The number of halogens is 1. The Morgan fingerprint density at radius 3 is 2.21 bits per heavy atom. The topological polar surface area (TPSA) is 18.8 Å². The Hall–Kier alpha value is -0.520. The monoisotopic (exact) mass is 409 g/mol. The fourth-order valence-electron chi connectivity index (χ4n) is 3.83. The minimum absolute atomic E-state index is 0.753. The first-order valence-electron chi connectivity index (χ1n) is 9.13. The summed E-state index contributed by atoms with van der Waals surface area (Å²) in [7, 11) is 2.12. The summed E-state index contributed by atoms with van der Waals surface area (Å²) in [5.41, 5.74) is 2.24. The molecule has 3 rings (SSSR count). The van der Waals surface area contributed by atoms with Crippen LogP contribution in [0.2, 0.25) is 0 Å². The summed E-state index contributed by atoms with van der Waals surface area (Å²) in [5.74, 6) is 0. The van der Waals surface area contributed by atoms with Crippen molar-refractivity contribution < 1.29 is 0 Å². The molecule has 1 aromatic carbocycles. The highest BCUT2D eigenvalue weighted by molar-refractivity contribution is 9.10. The fraction of sp³-hybridized carbons (Fsp3) is 0.632. The van der Waals surface area contributed by atoms with Crippen LogP contribution < -0.4 is 0 Å². The highest BCUT2D eigenvalue weighted by Crippen LogP contribution is 2.36. The van der Waals surface area contributed by atoms with Crippen molar-refractivity contribution in [3.8, 4) is 0 Å². The van der Waals surface area contributed by atoms with Crippen LogP contribution in [-0.2, 0) is 0 Å². The lowest BCUT2D eigenvalue weighted by atomic mass is 10.2. The van der Waals surface area contributed by atoms with Crippen LogP contribution in [0.5, 0.6) is 0 Å². The van der Waals surface area contributed by atoms with Gasteiger partial charge in [0.15, 0.2) is 0 Å². The Bertz CT molecular complexity index is 550. The first kappa shape index (κ1) is 18.3. The number of aliphatic imine (C=N–C) groups is 1. The Labute approximate surface area is 159 Å². The standard InChI is InChI=1S/C19H28BrN3S/c1-15-13-16(20)11-12-19(15)21-14-22(2)24-23(17-7-3-4-8-17)18-9-5-6-10-18/h11-14,17-18H,3-10H2,1-2H3/b21-14+. The van der Waals surface area contributed by atoms with Crippen molar-refractivity contribution in [2.24, 2.45) is 4.99 Å². The number of nitrogens with zero attached hydrogens (tertiary/aromatic N) is 3. The van der Waals surface area contributed by atoms with E-state index in [1.54, 1.807) is 0 Å². The second-order valence-corrected chi connectivity index (χ2v) is 9.12. The number of rotatable bonds is 6. The van der Waals surface area contributed by atoms with Crippen molar-refractivity contribution in [3.63, 3.8) is 0 Å². The maximum atomic E-state index is 4.69. The van der Waals surface area contributed by atoms with E-state index >= 15 is 0 Å². The summed E-state index contributed by atoms with van der Waals surface area (Å²) >= 11 is 5.39. The van der Waals surface area contributed by atoms with E-state index in [2.05, 4.69) is 61.7 Å². The van der Waals surface area contributed by atoms with E-state index in [0.717, 1.165) is 22.2 Å². The summed E-state index contributed by atoms with van der Waals surface area (Å²) in [6.07, 6.45) is 13.0. The van der Waals surface area contributed by atoms with Crippen molar-refractivity contribution in [2.75, 3.05) is 7.05 Å². The predicted octanol–water partition coefficient (Wildman–Crippen LogP) is 6.10. The van der Waals surface area contributed by atoms with E-state index in [0.29, 0.717) is 0 Å². The lowest BCUT2D eigenvalue weighted by Gasteiger charge is -2.34. The molecule has 0 saturated heterocycles. The molecule has 0 spiro atoms. The normalized spacial score (nSPS) is 19.8. The molecule has 2 saturated carbocycles. The van der Waals surface area contributed by atoms with Gasteiger partial charge in [-0.2, -0.15) is 0 Å². The third kappa shape index (κ3) is 4.77. The molecule has 0 heterocycles. The molecule has 0 amide bonds. The number of hydrogen-bond acceptors (Lipinski definition) is 3. The van der Waals surface area contributed by atoms with Crippen LogP contribution in [0.3, 0.4) is 0 Å². The summed E-state index contributed by atoms with van der Waals surface area (Å²) in [6.45, 7) is 2.11. The van der Waals surface area contributed by atoms with E-state index in [9.17, 15) is 0 Å². The van der Waals surface area contributed by atoms with Gasteiger partial charge in [0.2, 0.25) is 0 Å². The van der Waals surface area contributed by atoms with Crippen LogP contribution >= 0.6 is 28.1 Å². The van der Waals surface area contributed by atoms with Gasteiger partial charge in [0.25, 0.3) is 0 Å². The zero-order valence-electron chi connectivity index (χ0n) is 14.7. The van der Waals surface area contributed by atoms with Crippen LogP contribution in [0.4, 0.5) is 5.69 Å². The summed E-state index contributed by atoms with van der Waals surface area (Å²) in [4.78, 5) is 4.69. The minimum atomic E-state index is 0.753. The molecule has 24 heavy (non-hydrogen) atoms. The van der Waals surface area contributed by atoms with Gasteiger partial charge in [-0.1, -0.05) is 41.6 Å². The quantitative estimate of drug-likeness (QED) is 0.321. The molecule has 2 aliphatic carbocycles. The molecule has 0 N–H and O–H groups in total. The number of hydrogen-bond donors (Lipinski definition) is 0. The lowest BCUT2D eigenvalue weighted by molar-refractivity contribution is 0.272. The Kier molecular flexibility index (Phi) is 6.64. The molecule has 0 bridgehead atoms. The zero-order chi connectivity index (χ0) is 16.9. The fourth-order valence-corrected chi connectivity index (χ4v) is 5.38. The number of aryl methyl sites for hydroxylation is 1. The van der Waals surface area contributed by atoms with Crippen LogP contribution in [0.15, 0.2) is 27.7 Å². The van der Waals surface area contributed by atoms with Gasteiger partial charge in [0.05, 0.1) is 5.69 Å². The molecule has 0 radical (unpaired) electrons. The van der Waals surface area contributed by atoms with E-state index < -0.39 is 0 Å². The second-order valence-electron chi connectivity index (χ2n) is 7.04. The molecule has 0 aromatic heterocycles. The molecular formula is C19H28BrN3S. The smallest absolute Gasteiger partial charge is 0.102 e. The maximum absolute atomic E-state index is 4.69. The Balaban J connectivity index is 1.63. The molecular weight excluding hydrogens is 382 g/mol. The first-order chi connectivity index (χ1) is 11.6. The van der Waals surface area contributed by atoms with E-state index in [1.807, 2.05) is 18.5 Å². The van der Waals surface area contributed by atoms with Gasteiger partial charge in [-0.3, -0.25) is 4.31 Å². The van der Waals surface area contributed by atoms with Gasteiger partial charge in [-0.05, 0) is 56.4 Å². The van der Waals surface area contributed by atoms with Gasteiger partial charge in [0.1, 0.15) is 6.34 Å². The molecule has 3 nitrogen and oxygen atoms in total. The summed E-state index contributed by atoms with van der Waals surface area (Å²) in [6, 6.07) is 7.74. The number of benzene rings is 1. The van der Waals surface area contributed by atoms with Crippen LogP contribution in [0.1, 0.15) is 56.9 Å². The van der Waals surface area contributed by atoms with Crippen molar-refractivity contribution in [1.29, 1.82) is 0 Å². The van der Waals surface area contributed by atoms with Gasteiger partial charge in [0, 0.05) is 35.7 Å². The van der Waals surface area contributed by atoms with E-state index in [-0.39, 0.29) is 0 Å². The average molecular weight is 410 g/mol. The van der Waals surface area contributed by atoms with E-state index in [4.69, 9.17) is 0 Å². The molecule has 2 aliphatic rings. The van der Waals surface area contributed by atoms with Gasteiger partial charge >= 0.3 is 0 Å². The molecule has 5 heteroatoms. The first-order valence-corrected chi connectivity index (χ1v) is 10.7.